The van der Waals surface area contributed by atoms with Crippen molar-refractivity contribution in [2.75, 3.05) is 7.11 Å². The summed E-state index contributed by atoms with van der Waals surface area (Å²) < 4.78 is 32.0. The van der Waals surface area contributed by atoms with E-state index in [1.807, 2.05) is 36.4 Å². The van der Waals surface area contributed by atoms with E-state index >= 15 is 0 Å². The average molecular weight is 666 g/mol. The quantitative estimate of drug-likeness (QED) is 0.0881. The Bertz CT molecular complexity index is 1970. The first-order chi connectivity index (χ1) is 23.8. The number of nitrogens with one attached hydrogen (secondary N) is 1. The van der Waals surface area contributed by atoms with E-state index in [0.29, 0.717) is 5.56 Å². The fraction of sp³-hybridized carbons (Fsp3) is 0.162. The van der Waals surface area contributed by atoms with E-state index in [2.05, 4.69) is 10.1 Å². The molecule has 0 radical (unpaired) electrons. The topological polar surface area (TPSA) is 157 Å². The molecule has 1 N–H and O–H groups in total. The molecule has 12 heteroatoms. The van der Waals surface area contributed by atoms with Crippen molar-refractivity contribution in [3.63, 3.8) is 0 Å². The lowest BCUT2D eigenvalue weighted by Crippen LogP contribution is -2.43. The second kappa shape index (κ2) is 16.4. The van der Waals surface area contributed by atoms with Crippen LogP contribution in [0.15, 0.2) is 119 Å². The van der Waals surface area contributed by atoms with Crippen molar-refractivity contribution in [2.24, 2.45) is 0 Å². The molecule has 0 aliphatic rings. The highest BCUT2D eigenvalue weighted by molar-refractivity contribution is 5.89. The van der Waals surface area contributed by atoms with Crippen LogP contribution in [0, 0.1) is 0 Å². The number of carbonyl (C=O) groups is 4. The van der Waals surface area contributed by atoms with Gasteiger partial charge in [0.05, 0.1) is 18.1 Å². The number of amides is 1. The summed E-state index contributed by atoms with van der Waals surface area (Å²) in [7, 11) is 1.27. The van der Waals surface area contributed by atoms with Gasteiger partial charge in [0.1, 0.15) is 42.6 Å². The number of hydrogen-bond acceptors (Lipinski definition) is 11. The Hall–Kier alpha value is -6.43. The van der Waals surface area contributed by atoms with Crippen LogP contribution in [0.1, 0.15) is 34.3 Å². The van der Waals surface area contributed by atoms with E-state index in [9.17, 15) is 24.0 Å². The zero-order valence-corrected chi connectivity index (χ0v) is 26.3. The van der Waals surface area contributed by atoms with Gasteiger partial charge in [-0.15, -0.1) is 0 Å². The number of carbonyl (C=O) groups excluding carboxylic acids is 4. The first kappa shape index (κ1) is 33.9. The Morgan fingerprint density at radius 3 is 2.06 bits per heavy atom. The van der Waals surface area contributed by atoms with Gasteiger partial charge in [-0.05, 0) is 53.9 Å². The van der Waals surface area contributed by atoms with E-state index in [4.69, 9.17) is 23.4 Å². The smallest absolute Gasteiger partial charge is 0.408 e. The Balaban J connectivity index is 1.25. The molecule has 1 atom stereocenters. The lowest BCUT2D eigenvalue weighted by Gasteiger charge is -2.17. The first-order valence-electron chi connectivity index (χ1n) is 15.1. The maximum absolute atomic E-state index is 13.3. The zero-order valence-electron chi connectivity index (χ0n) is 26.3. The van der Waals surface area contributed by atoms with Crippen molar-refractivity contribution >= 4 is 35.0 Å². The van der Waals surface area contributed by atoms with Crippen molar-refractivity contribution in [1.82, 2.24) is 5.32 Å². The molecule has 0 saturated heterocycles. The third-order valence-corrected chi connectivity index (χ3v) is 7.11. The summed E-state index contributed by atoms with van der Waals surface area (Å²) >= 11 is 0. The molecule has 49 heavy (non-hydrogen) atoms. The fourth-order valence-corrected chi connectivity index (χ4v) is 4.54. The summed E-state index contributed by atoms with van der Waals surface area (Å²) in [6.45, 7) is 0.0137. The van der Waals surface area contributed by atoms with E-state index in [1.165, 1.54) is 49.6 Å². The minimum Gasteiger partial charge on any atom is -0.465 e. The third-order valence-electron chi connectivity index (χ3n) is 7.11. The zero-order chi connectivity index (χ0) is 34.6. The highest BCUT2D eigenvalue weighted by atomic mass is 16.6. The SMILES string of the molecule is COC(=O)c1ccc(Oc2coc3cc(OC(=O)[C@H](CCC(=O)OCc4ccccc4)NC(=O)OCc4ccccc4)ccc3c2=O)cc1. The average Bonchev–Trinajstić information content (AvgIpc) is 3.13. The van der Waals surface area contributed by atoms with Crippen LogP contribution in [0.3, 0.4) is 0 Å². The Kier molecular flexibility index (Phi) is 11.4. The molecule has 1 amide bonds. The Morgan fingerprint density at radius 1 is 0.776 bits per heavy atom. The molecule has 0 aliphatic carbocycles. The van der Waals surface area contributed by atoms with Gasteiger partial charge in [0.2, 0.25) is 11.2 Å². The van der Waals surface area contributed by atoms with E-state index in [1.54, 1.807) is 24.3 Å². The molecule has 1 aromatic heterocycles. The number of fused-ring (bicyclic) bond motifs is 1. The van der Waals surface area contributed by atoms with Crippen molar-refractivity contribution in [3.05, 3.63) is 136 Å². The number of alkyl carbamates (subject to hydrolysis) is 1. The molecule has 0 aliphatic heterocycles. The van der Waals surface area contributed by atoms with Crippen LogP contribution in [0.25, 0.3) is 11.0 Å². The maximum Gasteiger partial charge on any atom is 0.408 e. The standard InChI is InChI=1S/C37H31NO11/c1-44-35(41)26-12-14-27(15-13-26)48-32-23-45-31-20-28(16-17-29(31)34(32)40)49-36(42)30(38-37(43)47-22-25-10-6-3-7-11-25)18-19-33(39)46-21-24-8-4-2-5-9-24/h2-17,20,23,30H,18-19,21-22H2,1H3,(H,38,43)/t30-/m0/s1. The molecule has 4 aromatic carbocycles. The van der Waals surface area contributed by atoms with Gasteiger partial charge in [0, 0.05) is 12.5 Å². The molecule has 0 bridgehead atoms. The summed E-state index contributed by atoms with van der Waals surface area (Å²) in [5.41, 5.74) is 1.45. The second-order valence-corrected chi connectivity index (χ2v) is 10.6. The first-order valence-corrected chi connectivity index (χ1v) is 15.1. The molecule has 250 valence electrons. The van der Waals surface area contributed by atoms with Crippen LogP contribution in [0.2, 0.25) is 0 Å². The van der Waals surface area contributed by atoms with Gasteiger partial charge in [0.15, 0.2) is 0 Å². The molecule has 5 rings (SSSR count). The second-order valence-electron chi connectivity index (χ2n) is 10.6. The van der Waals surface area contributed by atoms with Crippen LogP contribution in [-0.2, 0) is 37.0 Å². The van der Waals surface area contributed by atoms with Gasteiger partial charge < -0.3 is 33.4 Å². The minimum absolute atomic E-state index is 0.0174. The Morgan fingerprint density at radius 2 is 1.41 bits per heavy atom. The van der Waals surface area contributed by atoms with Crippen molar-refractivity contribution in [2.45, 2.75) is 32.1 Å². The van der Waals surface area contributed by atoms with Crippen LogP contribution >= 0.6 is 0 Å². The normalized spacial score (nSPS) is 11.2. The van der Waals surface area contributed by atoms with Gasteiger partial charge in [0.25, 0.3) is 0 Å². The number of ether oxygens (including phenoxy) is 5. The molecule has 1 heterocycles. The van der Waals surface area contributed by atoms with Crippen molar-refractivity contribution in [1.29, 1.82) is 0 Å². The van der Waals surface area contributed by atoms with Gasteiger partial charge in [-0.1, -0.05) is 60.7 Å². The van der Waals surface area contributed by atoms with E-state index in [0.717, 1.165) is 17.4 Å². The van der Waals surface area contributed by atoms with Crippen molar-refractivity contribution < 1.29 is 47.3 Å². The van der Waals surface area contributed by atoms with Gasteiger partial charge in [-0.25, -0.2) is 14.4 Å². The third kappa shape index (κ3) is 9.55. The molecule has 0 saturated carbocycles. The van der Waals surface area contributed by atoms with Crippen LogP contribution in [-0.4, -0.2) is 37.2 Å². The monoisotopic (exact) mass is 665 g/mol. The van der Waals surface area contributed by atoms with Crippen LogP contribution in [0.5, 0.6) is 17.2 Å². The number of esters is 3. The summed E-state index contributed by atoms with van der Waals surface area (Å²) in [5.74, 6) is -1.78. The highest BCUT2D eigenvalue weighted by Crippen LogP contribution is 2.25. The molecule has 0 spiro atoms. The van der Waals surface area contributed by atoms with Crippen LogP contribution < -0.4 is 20.2 Å². The fourth-order valence-electron chi connectivity index (χ4n) is 4.54. The van der Waals surface area contributed by atoms with E-state index < -0.39 is 35.5 Å². The highest BCUT2D eigenvalue weighted by Gasteiger charge is 2.25. The largest absolute Gasteiger partial charge is 0.465 e. The van der Waals surface area contributed by atoms with Gasteiger partial charge in [-0.2, -0.15) is 0 Å². The molecule has 0 unspecified atom stereocenters. The summed E-state index contributed by atoms with van der Waals surface area (Å²) in [5, 5.41) is 2.61. The Labute approximate surface area is 280 Å². The number of methoxy groups -OCH3 is 1. The molecule has 0 fully saturated rings. The maximum atomic E-state index is 13.3. The van der Waals surface area contributed by atoms with Crippen LogP contribution in [0.4, 0.5) is 4.79 Å². The number of benzene rings is 4. The molecule has 5 aromatic rings. The van der Waals surface area contributed by atoms with E-state index in [-0.39, 0.29) is 54.3 Å². The summed E-state index contributed by atoms with van der Waals surface area (Å²) in [6, 6.07) is 26.9. The predicted molar refractivity (Wildman–Crippen MR) is 175 cm³/mol. The molecular formula is C37H31NO11. The lowest BCUT2D eigenvalue weighted by atomic mass is 10.1. The minimum atomic E-state index is -1.28. The van der Waals surface area contributed by atoms with Gasteiger partial charge in [-0.3, -0.25) is 9.59 Å². The summed E-state index contributed by atoms with van der Waals surface area (Å²) in [4.78, 5) is 63.2. The predicted octanol–water partition coefficient (Wildman–Crippen LogP) is 6.10. The lowest BCUT2D eigenvalue weighted by molar-refractivity contribution is -0.145. The number of rotatable bonds is 13. The number of hydrogen-bond donors (Lipinski definition) is 1. The van der Waals surface area contributed by atoms with Gasteiger partial charge >= 0.3 is 24.0 Å². The van der Waals surface area contributed by atoms with Crippen molar-refractivity contribution in [3.8, 4) is 17.2 Å². The summed E-state index contributed by atoms with van der Waals surface area (Å²) in [6.07, 6.45) is -0.123. The molecular weight excluding hydrogens is 634 g/mol. The molecule has 12 nitrogen and oxygen atoms in total.